The number of hydrogen-bond donors (Lipinski definition) is 1. The number of hydrogen-bond acceptors (Lipinski definition) is 6. The number of benzene rings is 2. The Morgan fingerprint density at radius 3 is 2.53 bits per heavy atom. The van der Waals surface area contributed by atoms with Gasteiger partial charge in [0.05, 0.1) is 17.5 Å². The van der Waals surface area contributed by atoms with Crippen LogP contribution in [0.2, 0.25) is 0 Å². The van der Waals surface area contributed by atoms with Gasteiger partial charge in [-0.2, -0.15) is 4.99 Å². The lowest BCUT2D eigenvalue weighted by molar-refractivity contribution is -0.119. The number of fused-ring (bicyclic) bond motifs is 1. The van der Waals surface area contributed by atoms with E-state index in [1.54, 1.807) is 20.8 Å². The molecular weight excluding hydrogens is 498 g/mol. The van der Waals surface area contributed by atoms with Gasteiger partial charge in [0.25, 0.3) is 5.91 Å². The molecule has 10 heteroatoms. The monoisotopic (exact) mass is 529 g/mol. The van der Waals surface area contributed by atoms with Crippen molar-refractivity contribution in [2.75, 3.05) is 16.4 Å². The van der Waals surface area contributed by atoms with Crippen LogP contribution >= 0.6 is 11.8 Å². The Balaban J connectivity index is 1.65. The maximum absolute atomic E-state index is 13.5. The van der Waals surface area contributed by atoms with Crippen LogP contribution in [-0.2, 0) is 25.8 Å². The molecule has 0 unspecified atom stereocenters. The molecule has 2 fully saturated rings. The fourth-order valence-electron chi connectivity index (χ4n) is 4.32. The standard InChI is InChI=1S/C26H31N3O5S2/c1-17-9-8-12-19(13-17)29-21-15-36(32,33)16-22(21)35-24(29)28-23(30)20(14-18-10-6-5-7-11-18)27-25(31)34-26(2,3)4/h5-13,20-22H,14-16H2,1-4H3,(H,27,31)/t20-,21-,22-/m1/s1. The lowest BCUT2D eigenvalue weighted by Crippen LogP contribution is -2.45. The van der Waals surface area contributed by atoms with Crippen molar-refractivity contribution < 1.29 is 22.7 Å². The first kappa shape index (κ1) is 26.2. The summed E-state index contributed by atoms with van der Waals surface area (Å²) >= 11 is 1.31. The van der Waals surface area contributed by atoms with Crippen molar-refractivity contribution in [1.82, 2.24) is 5.32 Å². The number of nitrogens with zero attached hydrogens (tertiary/aromatic N) is 2. The number of anilines is 1. The average Bonchev–Trinajstić information content (AvgIpc) is 3.23. The number of rotatable bonds is 5. The summed E-state index contributed by atoms with van der Waals surface area (Å²) in [5.74, 6) is -0.468. The molecule has 0 radical (unpaired) electrons. The second kappa shape index (κ2) is 10.3. The number of ether oxygens (including phenoxy) is 1. The Labute approximate surface area is 216 Å². The third kappa shape index (κ3) is 6.47. The van der Waals surface area contributed by atoms with Crippen LogP contribution in [0.1, 0.15) is 31.9 Å². The number of alkyl carbamates (subject to hydrolysis) is 1. The Hall–Kier alpha value is -2.85. The number of sulfone groups is 1. The van der Waals surface area contributed by atoms with Gasteiger partial charge in [-0.05, 0) is 51.0 Å². The van der Waals surface area contributed by atoms with Gasteiger partial charge in [-0.25, -0.2) is 13.2 Å². The van der Waals surface area contributed by atoms with Crippen molar-refractivity contribution in [2.45, 2.75) is 57.1 Å². The highest BCUT2D eigenvalue weighted by Gasteiger charge is 2.49. The number of amidine groups is 1. The molecule has 0 aromatic heterocycles. The predicted octanol–water partition coefficient (Wildman–Crippen LogP) is 3.73. The molecule has 2 aliphatic rings. The molecule has 0 saturated carbocycles. The van der Waals surface area contributed by atoms with E-state index in [4.69, 9.17) is 4.74 Å². The maximum atomic E-state index is 13.5. The zero-order valence-electron chi connectivity index (χ0n) is 20.8. The van der Waals surface area contributed by atoms with Gasteiger partial charge >= 0.3 is 6.09 Å². The highest BCUT2D eigenvalue weighted by Crippen LogP contribution is 2.41. The molecule has 36 heavy (non-hydrogen) atoms. The van der Waals surface area contributed by atoms with Gasteiger partial charge in [-0.1, -0.05) is 54.2 Å². The molecule has 8 nitrogen and oxygen atoms in total. The molecule has 0 spiro atoms. The van der Waals surface area contributed by atoms with Gasteiger partial charge in [0.15, 0.2) is 15.0 Å². The highest BCUT2D eigenvalue weighted by molar-refractivity contribution is 8.16. The summed E-state index contributed by atoms with van der Waals surface area (Å²) < 4.78 is 30.1. The van der Waals surface area contributed by atoms with E-state index >= 15 is 0 Å². The first-order valence-electron chi connectivity index (χ1n) is 11.8. The molecule has 3 atom stereocenters. The third-order valence-corrected chi connectivity index (χ3v) is 9.03. The topological polar surface area (TPSA) is 105 Å². The summed E-state index contributed by atoms with van der Waals surface area (Å²) in [6.45, 7) is 7.21. The van der Waals surface area contributed by atoms with Crippen LogP contribution in [-0.4, -0.2) is 60.0 Å². The van der Waals surface area contributed by atoms with E-state index in [-0.39, 0.29) is 29.2 Å². The quantitative estimate of drug-likeness (QED) is 0.629. The summed E-state index contributed by atoms with van der Waals surface area (Å²) in [5, 5.41) is 2.91. The van der Waals surface area contributed by atoms with E-state index in [9.17, 15) is 18.0 Å². The maximum Gasteiger partial charge on any atom is 0.408 e. The van der Waals surface area contributed by atoms with Gasteiger partial charge in [0, 0.05) is 17.4 Å². The third-order valence-electron chi connectivity index (χ3n) is 5.82. The minimum Gasteiger partial charge on any atom is -0.444 e. The summed E-state index contributed by atoms with van der Waals surface area (Å²) in [6.07, 6.45) is -0.457. The zero-order chi connectivity index (χ0) is 26.1. The molecule has 0 aliphatic carbocycles. The molecule has 1 N–H and O–H groups in total. The van der Waals surface area contributed by atoms with E-state index in [0.29, 0.717) is 5.17 Å². The minimum atomic E-state index is -3.17. The number of amides is 2. The Bertz CT molecular complexity index is 1270. The summed E-state index contributed by atoms with van der Waals surface area (Å²) in [6, 6.07) is 15.8. The van der Waals surface area contributed by atoms with Gasteiger partial charge in [0.2, 0.25) is 0 Å². The van der Waals surface area contributed by atoms with E-state index < -0.39 is 33.5 Å². The fraction of sp³-hybridized carbons (Fsp3) is 0.423. The highest BCUT2D eigenvalue weighted by atomic mass is 32.2. The first-order chi connectivity index (χ1) is 16.9. The minimum absolute atomic E-state index is 0.00935. The molecule has 2 heterocycles. The molecule has 2 aromatic carbocycles. The van der Waals surface area contributed by atoms with E-state index in [1.165, 1.54) is 11.8 Å². The van der Waals surface area contributed by atoms with E-state index in [1.807, 2.05) is 66.4 Å². The van der Waals surface area contributed by atoms with Crippen LogP contribution in [0.4, 0.5) is 10.5 Å². The number of carbonyl (C=O) groups excluding carboxylic acids is 2. The number of aliphatic imine (C=N–C) groups is 1. The molecule has 2 saturated heterocycles. The molecule has 192 valence electrons. The second-order valence-electron chi connectivity index (χ2n) is 10.1. The fourth-order valence-corrected chi connectivity index (χ4v) is 8.24. The summed E-state index contributed by atoms with van der Waals surface area (Å²) in [7, 11) is -3.17. The Kier molecular flexibility index (Phi) is 7.47. The zero-order valence-corrected chi connectivity index (χ0v) is 22.4. The van der Waals surface area contributed by atoms with Crippen molar-refractivity contribution in [1.29, 1.82) is 0 Å². The molecule has 0 bridgehead atoms. The number of carbonyl (C=O) groups is 2. The number of nitrogens with one attached hydrogen (secondary N) is 1. The molecule has 2 amide bonds. The van der Waals surface area contributed by atoms with Crippen LogP contribution in [0.15, 0.2) is 59.6 Å². The lowest BCUT2D eigenvalue weighted by Gasteiger charge is -2.25. The second-order valence-corrected chi connectivity index (χ2v) is 13.5. The van der Waals surface area contributed by atoms with Crippen LogP contribution in [0.5, 0.6) is 0 Å². The molecule has 2 aliphatic heterocycles. The molecule has 2 aromatic rings. The van der Waals surface area contributed by atoms with Crippen LogP contribution in [0, 0.1) is 6.92 Å². The van der Waals surface area contributed by atoms with Gasteiger partial charge in [0.1, 0.15) is 11.6 Å². The SMILES string of the molecule is Cc1cccc(N2C(=NC(=O)[C@@H](Cc3ccccc3)NC(=O)OC(C)(C)C)S[C@@H]3CS(=O)(=O)C[C@H]32)c1. The van der Waals surface area contributed by atoms with Crippen molar-refractivity contribution in [2.24, 2.45) is 4.99 Å². The molecular formula is C26H31N3O5S2. The first-order valence-corrected chi connectivity index (χ1v) is 14.5. The van der Waals surface area contributed by atoms with Crippen LogP contribution < -0.4 is 10.2 Å². The summed E-state index contributed by atoms with van der Waals surface area (Å²) in [4.78, 5) is 32.3. The number of thioether (sulfide) groups is 1. The lowest BCUT2D eigenvalue weighted by atomic mass is 10.1. The van der Waals surface area contributed by atoms with Gasteiger partial charge < -0.3 is 15.0 Å². The van der Waals surface area contributed by atoms with E-state index in [0.717, 1.165) is 16.8 Å². The Morgan fingerprint density at radius 2 is 1.86 bits per heavy atom. The van der Waals surface area contributed by atoms with Crippen molar-refractivity contribution in [3.63, 3.8) is 0 Å². The van der Waals surface area contributed by atoms with Gasteiger partial charge in [-0.3, -0.25) is 4.79 Å². The van der Waals surface area contributed by atoms with Crippen LogP contribution in [0.3, 0.4) is 0 Å². The normalized spacial score (nSPS) is 22.8. The molecule has 4 rings (SSSR count). The van der Waals surface area contributed by atoms with Gasteiger partial charge in [-0.15, -0.1) is 0 Å². The van der Waals surface area contributed by atoms with Crippen molar-refractivity contribution in [3.05, 3.63) is 65.7 Å². The van der Waals surface area contributed by atoms with E-state index in [2.05, 4.69) is 10.3 Å². The smallest absolute Gasteiger partial charge is 0.408 e. The van der Waals surface area contributed by atoms with Crippen LogP contribution in [0.25, 0.3) is 0 Å². The largest absolute Gasteiger partial charge is 0.444 e. The average molecular weight is 530 g/mol. The number of aryl methyl sites for hydroxylation is 1. The van der Waals surface area contributed by atoms with Crippen molar-refractivity contribution >= 4 is 44.5 Å². The van der Waals surface area contributed by atoms with Crippen molar-refractivity contribution in [3.8, 4) is 0 Å². The predicted molar refractivity (Wildman–Crippen MR) is 143 cm³/mol. The Morgan fingerprint density at radius 1 is 1.14 bits per heavy atom. The summed E-state index contributed by atoms with van der Waals surface area (Å²) in [5.41, 5.74) is 1.95.